The molecule has 1 aliphatic rings. The van der Waals surface area contributed by atoms with Gasteiger partial charge >= 0.3 is 0 Å². The fraction of sp³-hybridized carbons (Fsp3) is 0.353. The summed E-state index contributed by atoms with van der Waals surface area (Å²) in [5, 5.41) is 0. The van der Waals surface area contributed by atoms with E-state index in [1.54, 1.807) is 36.7 Å². The Morgan fingerprint density at radius 2 is 1.71 bits per heavy atom. The average molecular weight is 347 g/mol. The first kappa shape index (κ1) is 16.9. The van der Waals surface area contributed by atoms with Gasteiger partial charge in [-0.1, -0.05) is 12.1 Å². The van der Waals surface area contributed by atoms with E-state index in [1.807, 2.05) is 12.1 Å². The SMILES string of the molecule is COc1ccccc1S(=O)(=O)N1CCN(Cc2ccncc2)CC1. The van der Waals surface area contributed by atoms with Crippen LogP contribution in [0.15, 0.2) is 53.7 Å². The van der Waals surface area contributed by atoms with Crippen LogP contribution in [0.2, 0.25) is 0 Å². The standard InChI is InChI=1S/C17H21N3O3S/c1-23-16-4-2-3-5-17(16)24(21,22)20-12-10-19(11-13-20)14-15-6-8-18-9-7-15/h2-9H,10-14H2,1H3. The number of hydrogen-bond acceptors (Lipinski definition) is 5. The summed E-state index contributed by atoms with van der Waals surface area (Å²) in [6.45, 7) is 3.18. The van der Waals surface area contributed by atoms with E-state index in [2.05, 4.69) is 9.88 Å². The number of pyridine rings is 1. The number of hydrogen-bond donors (Lipinski definition) is 0. The number of methoxy groups -OCH3 is 1. The number of benzene rings is 1. The third-order valence-electron chi connectivity index (χ3n) is 4.17. The Kier molecular flexibility index (Phi) is 5.13. The maximum Gasteiger partial charge on any atom is 0.246 e. The molecule has 0 spiro atoms. The van der Waals surface area contributed by atoms with Gasteiger partial charge in [-0.3, -0.25) is 9.88 Å². The van der Waals surface area contributed by atoms with Crippen LogP contribution in [0.3, 0.4) is 0 Å². The van der Waals surface area contributed by atoms with Crippen molar-refractivity contribution in [3.8, 4) is 5.75 Å². The summed E-state index contributed by atoms with van der Waals surface area (Å²) in [6.07, 6.45) is 3.55. The second kappa shape index (κ2) is 7.29. The van der Waals surface area contributed by atoms with Crippen LogP contribution in [-0.2, 0) is 16.6 Å². The minimum Gasteiger partial charge on any atom is -0.495 e. The molecule has 0 unspecified atom stereocenters. The predicted molar refractivity (Wildman–Crippen MR) is 91.3 cm³/mol. The van der Waals surface area contributed by atoms with Crippen molar-refractivity contribution in [1.82, 2.24) is 14.2 Å². The molecule has 0 N–H and O–H groups in total. The smallest absolute Gasteiger partial charge is 0.246 e. The van der Waals surface area contributed by atoms with E-state index in [4.69, 9.17) is 4.74 Å². The van der Waals surface area contributed by atoms with E-state index in [0.717, 1.165) is 6.54 Å². The van der Waals surface area contributed by atoms with Crippen molar-refractivity contribution in [1.29, 1.82) is 0 Å². The second-order valence-electron chi connectivity index (χ2n) is 5.69. The molecule has 1 fully saturated rings. The molecule has 0 amide bonds. The van der Waals surface area contributed by atoms with Gasteiger partial charge in [-0.25, -0.2) is 8.42 Å². The van der Waals surface area contributed by atoms with Crippen LogP contribution in [0.5, 0.6) is 5.75 Å². The van der Waals surface area contributed by atoms with Crippen LogP contribution in [-0.4, -0.2) is 55.9 Å². The van der Waals surface area contributed by atoms with E-state index < -0.39 is 10.0 Å². The fourth-order valence-corrected chi connectivity index (χ4v) is 4.42. The Morgan fingerprint density at radius 1 is 1.04 bits per heavy atom. The van der Waals surface area contributed by atoms with Crippen molar-refractivity contribution in [2.75, 3.05) is 33.3 Å². The van der Waals surface area contributed by atoms with Crippen LogP contribution in [0.25, 0.3) is 0 Å². The third kappa shape index (κ3) is 3.58. The van der Waals surface area contributed by atoms with Crippen molar-refractivity contribution in [3.05, 3.63) is 54.4 Å². The zero-order valence-electron chi connectivity index (χ0n) is 13.6. The van der Waals surface area contributed by atoms with E-state index in [-0.39, 0.29) is 4.90 Å². The zero-order valence-corrected chi connectivity index (χ0v) is 14.4. The monoisotopic (exact) mass is 347 g/mol. The molecule has 0 saturated carbocycles. The molecule has 2 aromatic rings. The number of ether oxygens (including phenoxy) is 1. The summed E-state index contributed by atoms with van der Waals surface area (Å²) in [6, 6.07) is 10.7. The van der Waals surface area contributed by atoms with Crippen LogP contribution in [0.1, 0.15) is 5.56 Å². The summed E-state index contributed by atoms with van der Waals surface area (Å²) in [7, 11) is -2.04. The van der Waals surface area contributed by atoms with Crippen LogP contribution in [0, 0.1) is 0 Å². The number of nitrogens with zero attached hydrogens (tertiary/aromatic N) is 3. The molecule has 24 heavy (non-hydrogen) atoms. The van der Waals surface area contributed by atoms with E-state index in [0.29, 0.717) is 31.9 Å². The molecule has 1 aromatic carbocycles. The van der Waals surface area contributed by atoms with Gasteiger partial charge in [0.1, 0.15) is 10.6 Å². The van der Waals surface area contributed by atoms with Gasteiger partial charge in [-0.2, -0.15) is 4.31 Å². The van der Waals surface area contributed by atoms with Crippen LogP contribution in [0.4, 0.5) is 0 Å². The first-order chi connectivity index (χ1) is 11.6. The quantitative estimate of drug-likeness (QED) is 0.822. The van der Waals surface area contributed by atoms with Gasteiger partial charge in [-0.05, 0) is 29.8 Å². The van der Waals surface area contributed by atoms with Crippen molar-refractivity contribution in [3.63, 3.8) is 0 Å². The highest BCUT2D eigenvalue weighted by Crippen LogP contribution is 2.27. The topological polar surface area (TPSA) is 62.7 Å². The summed E-state index contributed by atoms with van der Waals surface area (Å²) >= 11 is 0. The first-order valence-corrected chi connectivity index (χ1v) is 9.29. The predicted octanol–water partition coefficient (Wildman–Crippen LogP) is 1.60. The van der Waals surface area contributed by atoms with Crippen molar-refractivity contribution >= 4 is 10.0 Å². The highest BCUT2D eigenvalue weighted by Gasteiger charge is 2.30. The van der Waals surface area contributed by atoms with Gasteiger partial charge in [0.15, 0.2) is 0 Å². The van der Waals surface area contributed by atoms with Crippen molar-refractivity contribution in [2.45, 2.75) is 11.4 Å². The first-order valence-electron chi connectivity index (χ1n) is 7.85. The maximum atomic E-state index is 12.9. The Balaban J connectivity index is 1.67. The Labute approximate surface area is 142 Å². The van der Waals surface area contributed by atoms with E-state index >= 15 is 0 Å². The summed E-state index contributed by atoms with van der Waals surface area (Å²) in [5.41, 5.74) is 1.19. The maximum absolute atomic E-state index is 12.9. The van der Waals surface area contributed by atoms with Crippen molar-refractivity contribution in [2.24, 2.45) is 0 Å². The Morgan fingerprint density at radius 3 is 2.38 bits per heavy atom. The normalized spacial score (nSPS) is 16.9. The van der Waals surface area contributed by atoms with Gasteiger partial charge in [0.05, 0.1) is 7.11 Å². The summed E-state index contributed by atoms with van der Waals surface area (Å²) in [5.74, 6) is 0.386. The molecule has 1 aliphatic heterocycles. The fourth-order valence-electron chi connectivity index (χ4n) is 2.85. The van der Waals surface area contributed by atoms with Gasteiger partial charge in [0.2, 0.25) is 10.0 Å². The highest BCUT2D eigenvalue weighted by molar-refractivity contribution is 7.89. The molecule has 0 atom stereocenters. The number of sulfonamides is 1. The molecular weight excluding hydrogens is 326 g/mol. The minimum atomic E-state index is -3.53. The molecule has 0 radical (unpaired) electrons. The lowest BCUT2D eigenvalue weighted by molar-refractivity contribution is 0.181. The highest BCUT2D eigenvalue weighted by atomic mass is 32.2. The van der Waals surface area contributed by atoms with Crippen molar-refractivity contribution < 1.29 is 13.2 Å². The summed E-state index contributed by atoms with van der Waals surface area (Å²) < 4.78 is 32.4. The van der Waals surface area contributed by atoms with Gasteiger partial charge in [0, 0.05) is 45.1 Å². The number of piperazine rings is 1. The lowest BCUT2D eigenvalue weighted by atomic mass is 10.2. The third-order valence-corrected chi connectivity index (χ3v) is 6.11. The molecule has 1 saturated heterocycles. The average Bonchev–Trinajstić information content (AvgIpc) is 2.63. The minimum absolute atomic E-state index is 0.232. The molecule has 0 bridgehead atoms. The molecular formula is C17H21N3O3S. The van der Waals surface area contributed by atoms with Gasteiger partial charge in [0.25, 0.3) is 0 Å². The second-order valence-corrected chi connectivity index (χ2v) is 7.59. The molecule has 3 rings (SSSR count). The molecule has 0 aliphatic carbocycles. The van der Waals surface area contributed by atoms with Crippen LogP contribution >= 0.6 is 0 Å². The molecule has 6 nitrogen and oxygen atoms in total. The van der Waals surface area contributed by atoms with Gasteiger partial charge < -0.3 is 4.74 Å². The number of aromatic nitrogens is 1. The van der Waals surface area contributed by atoms with E-state index in [1.165, 1.54) is 17.0 Å². The lowest BCUT2D eigenvalue weighted by Gasteiger charge is -2.34. The molecule has 1 aromatic heterocycles. The number of rotatable bonds is 5. The van der Waals surface area contributed by atoms with Gasteiger partial charge in [-0.15, -0.1) is 0 Å². The number of para-hydroxylation sites is 1. The summed E-state index contributed by atoms with van der Waals surface area (Å²) in [4.78, 5) is 6.50. The molecule has 2 heterocycles. The lowest BCUT2D eigenvalue weighted by Crippen LogP contribution is -2.48. The zero-order chi connectivity index (χ0) is 17.0. The molecule has 128 valence electrons. The van der Waals surface area contributed by atoms with Crippen LogP contribution < -0.4 is 4.74 Å². The largest absolute Gasteiger partial charge is 0.495 e. The Hall–Kier alpha value is -1.96. The van der Waals surface area contributed by atoms with E-state index in [9.17, 15) is 8.42 Å². The molecule has 7 heteroatoms. The Bertz CT molecular complexity index is 773.